The summed E-state index contributed by atoms with van der Waals surface area (Å²) in [5, 5.41) is 2.98. The first-order valence-corrected chi connectivity index (χ1v) is 9.23. The summed E-state index contributed by atoms with van der Waals surface area (Å²) in [6.45, 7) is 7.04. The lowest BCUT2D eigenvalue weighted by molar-refractivity contribution is -0.155. The van der Waals surface area contributed by atoms with Crippen molar-refractivity contribution in [3.8, 4) is 5.69 Å². The summed E-state index contributed by atoms with van der Waals surface area (Å²) in [7, 11) is 0. The van der Waals surface area contributed by atoms with Crippen molar-refractivity contribution in [2.24, 2.45) is 5.73 Å². The van der Waals surface area contributed by atoms with Gasteiger partial charge in [-0.15, -0.1) is 0 Å². The van der Waals surface area contributed by atoms with Crippen molar-refractivity contribution in [3.05, 3.63) is 41.4 Å². The third-order valence-electron chi connectivity index (χ3n) is 3.91. The van der Waals surface area contributed by atoms with E-state index < -0.39 is 23.5 Å². The number of nitrogens with one attached hydrogen (secondary N) is 1. The van der Waals surface area contributed by atoms with E-state index in [1.165, 1.54) is 0 Å². The van der Waals surface area contributed by atoms with E-state index in [0.29, 0.717) is 28.2 Å². The number of carbonyl (C=O) groups is 2. The van der Waals surface area contributed by atoms with Crippen molar-refractivity contribution in [2.45, 2.75) is 39.3 Å². The summed E-state index contributed by atoms with van der Waals surface area (Å²) in [6.07, 6.45) is 1.55. The molecule has 10 heteroatoms. The molecule has 0 aliphatic rings. The van der Waals surface area contributed by atoms with Gasteiger partial charge in [0.05, 0.1) is 0 Å². The van der Waals surface area contributed by atoms with Gasteiger partial charge < -0.3 is 15.8 Å². The minimum Gasteiger partial charge on any atom is -0.458 e. The number of nitrogens with zero attached hydrogens (tertiary/aromatic N) is 4. The lowest BCUT2D eigenvalue weighted by Crippen LogP contribution is -2.34. The van der Waals surface area contributed by atoms with Gasteiger partial charge in [0.25, 0.3) is 0 Å². The molecule has 1 amide bonds. The van der Waals surface area contributed by atoms with Crippen LogP contribution in [-0.2, 0) is 9.53 Å². The van der Waals surface area contributed by atoms with E-state index in [9.17, 15) is 9.59 Å². The van der Waals surface area contributed by atoms with Gasteiger partial charge in [-0.1, -0.05) is 0 Å². The van der Waals surface area contributed by atoms with Gasteiger partial charge in [0, 0.05) is 11.3 Å². The summed E-state index contributed by atoms with van der Waals surface area (Å²) in [4.78, 5) is 36.3. The maximum Gasteiger partial charge on any atom is 0.328 e. The van der Waals surface area contributed by atoms with Crippen LogP contribution >= 0.6 is 11.6 Å². The number of anilines is 1. The van der Waals surface area contributed by atoms with Crippen LogP contribution in [-0.4, -0.2) is 43.0 Å². The third kappa shape index (κ3) is 4.62. The maximum absolute atomic E-state index is 12.3. The van der Waals surface area contributed by atoms with Crippen LogP contribution in [0.25, 0.3) is 16.9 Å². The molecule has 1 atom stereocenters. The van der Waals surface area contributed by atoms with Crippen LogP contribution in [0, 0.1) is 0 Å². The first kappa shape index (κ1) is 20.5. The Bertz CT molecular complexity index is 1070. The summed E-state index contributed by atoms with van der Waals surface area (Å²) >= 11 is 6.10. The van der Waals surface area contributed by atoms with Crippen molar-refractivity contribution in [1.29, 1.82) is 0 Å². The number of amides is 1. The zero-order chi connectivity index (χ0) is 21.3. The van der Waals surface area contributed by atoms with Gasteiger partial charge in [0.15, 0.2) is 17.0 Å². The number of esters is 1. The van der Waals surface area contributed by atoms with Gasteiger partial charge in [-0.2, -0.15) is 9.97 Å². The lowest BCUT2D eigenvalue weighted by Gasteiger charge is -2.23. The maximum atomic E-state index is 12.3. The van der Waals surface area contributed by atoms with Crippen molar-refractivity contribution in [2.75, 3.05) is 5.32 Å². The molecule has 0 fully saturated rings. The predicted octanol–water partition coefficient (Wildman–Crippen LogP) is 2.71. The van der Waals surface area contributed by atoms with Crippen molar-refractivity contribution in [1.82, 2.24) is 19.5 Å². The van der Waals surface area contributed by atoms with E-state index in [4.69, 9.17) is 22.1 Å². The lowest BCUT2D eigenvalue weighted by atomic mass is 10.2. The topological polar surface area (TPSA) is 125 Å². The van der Waals surface area contributed by atoms with Gasteiger partial charge in [-0.3, -0.25) is 9.36 Å². The van der Waals surface area contributed by atoms with E-state index in [1.54, 1.807) is 62.9 Å². The second-order valence-corrected chi connectivity index (χ2v) is 7.78. The average molecular weight is 417 g/mol. The molecule has 0 unspecified atom stereocenters. The summed E-state index contributed by atoms with van der Waals surface area (Å²) in [5.74, 6) is -0.632. The fourth-order valence-electron chi connectivity index (χ4n) is 2.60. The van der Waals surface area contributed by atoms with E-state index in [2.05, 4.69) is 20.3 Å². The first-order chi connectivity index (χ1) is 13.5. The smallest absolute Gasteiger partial charge is 0.328 e. The Morgan fingerprint density at radius 2 is 1.86 bits per heavy atom. The number of ether oxygens (including phenoxy) is 1. The Labute approximate surface area is 172 Å². The number of nitrogens with two attached hydrogens (primary N) is 1. The van der Waals surface area contributed by atoms with E-state index >= 15 is 0 Å². The number of benzene rings is 1. The van der Waals surface area contributed by atoms with Gasteiger partial charge in [-0.25, -0.2) is 9.78 Å². The number of imidazole rings is 1. The standard InChI is InChI=1S/C19H21ClN6O3/c1-10(17(28)29-19(2,3)4)23-15-13-16(25-18(20)24-15)26(9-22-13)12-7-5-11(6-8-12)14(21)27/h5-10H,1-4H3,(H2,21,27)(H,23,24,25)/t10-/m0/s1. The molecule has 0 radical (unpaired) electrons. The summed E-state index contributed by atoms with van der Waals surface area (Å²) in [5.41, 5.74) is 6.64. The number of aromatic nitrogens is 4. The molecule has 0 spiro atoms. The van der Waals surface area contributed by atoms with Crippen LogP contribution in [0.3, 0.4) is 0 Å². The highest BCUT2D eigenvalue weighted by Gasteiger charge is 2.23. The molecular formula is C19H21ClN6O3. The Morgan fingerprint density at radius 3 is 2.45 bits per heavy atom. The monoisotopic (exact) mass is 416 g/mol. The molecule has 3 aromatic rings. The van der Waals surface area contributed by atoms with Crippen molar-refractivity contribution < 1.29 is 14.3 Å². The first-order valence-electron chi connectivity index (χ1n) is 8.85. The fourth-order valence-corrected chi connectivity index (χ4v) is 2.77. The number of primary amides is 1. The van der Waals surface area contributed by atoms with Crippen LogP contribution in [0.1, 0.15) is 38.1 Å². The molecule has 0 bridgehead atoms. The molecule has 0 saturated heterocycles. The SMILES string of the molecule is C[C@H](Nc1nc(Cl)nc2c1ncn2-c1ccc(C(N)=O)cc1)C(=O)OC(C)(C)C. The van der Waals surface area contributed by atoms with Gasteiger partial charge in [0.2, 0.25) is 11.2 Å². The molecule has 2 aromatic heterocycles. The largest absolute Gasteiger partial charge is 0.458 e. The predicted molar refractivity (Wildman–Crippen MR) is 109 cm³/mol. The molecule has 29 heavy (non-hydrogen) atoms. The van der Waals surface area contributed by atoms with Crippen LogP contribution in [0.15, 0.2) is 30.6 Å². The van der Waals surface area contributed by atoms with Crippen LogP contribution in [0.5, 0.6) is 0 Å². The highest BCUT2D eigenvalue weighted by atomic mass is 35.5. The average Bonchev–Trinajstić information content (AvgIpc) is 3.04. The summed E-state index contributed by atoms with van der Waals surface area (Å²) < 4.78 is 7.07. The quantitative estimate of drug-likeness (QED) is 0.483. The van der Waals surface area contributed by atoms with E-state index in [1.807, 2.05) is 0 Å². The number of rotatable bonds is 5. The number of carbonyl (C=O) groups excluding carboxylic acids is 2. The number of hydrogen-bond acceptors (Lipinski definition) is 7. The normalized spacial score (nSPS) is 12.6. The second-order valence-electron chi connectivity index (χ2n) is 7.44. The van der Waals surface area contributed by atoms with Crippen LogP contribution in [0.2, 0.25) is 5.28 Å². The van der Waals surface area contributed by atoms with Crippen LogP contribution < -0.4 is 11.1 Å². The molecule has 152 valence electrons. The molecule has 0 saturated carbocycles. The second kappa shape index (κ2) is 7.67. The van der Waals surface area contributed by atoms with E-state index in [-0.39, 0.29) is 5.28 Å². The minimum atomic E-state index is -0.677. The molecule has 0 aliphatic carbocycles. The molecule has 3 rings (SSSR count). The Kier molecular flexibility index (Phi) is 5.43. The van der Waals surface area contributed by atoms with Crippen LogP contribution in [0.4, 0.5) is 5.82 Å². The Hall–Kier alpha value is -3.20. The Balaban J connectivity index is 1.95. The highest BCUT2D eigenvalue weighted by molar-refractivity contribution is 6.28. The zero-order valence-electron chi connectivity index (χ0n) is 16.4. The van der Waals surface area contributed by atoms with Gasteiger partial charge in [0.1, 0.15) is 18.0 Å². The van der Waals surface area contributed by atoms with Crippen molar-refractivity contribution >= 4 is 40.5 Å². The number of fused-ring (bicyclic) bond motifs is 1. The van der Waals surface area contributed by atoms with Crippen molar-refractivity contribution in [3.63, 3.8) is 0 Å². The third-order valence-corrected chi connectivity index (χ3v) is 4.08. The molecular weight excluding hydrogens is 396 g/mol. The molecule has 2 heterocycles. The Morgan fingerprint density at radius 1 is 1.21 bits per heavy atom. The number of halogens is 1. The van der Waals surface area contributed by atoms with Gasteiger partial charge in [-0.05, 0) is 63.6 Å². The fraction of sp³-hybridized carbons (Fsp3) is 0.316. The molecule has 3 N–H and O–H groups in total. The zero-order valence-corrected chi connectivity index (χ0v) is 17.2. The molecule has 0 aliphatic heterocycles. The minimum absolute atomic E-state index is 0.00750. The molecule has 9 nitrogen and oxygen atoms in total. The van der Waals surface area contributed by atoms with Gasteiger partial charge >= 0.3 is 5.97 Å². The summed E-state index contributed by atoms with van der Waals surface area (Å²) in [6, 6.07) is 5.97. The highest BCUT2D eigenvalue weighted by Crippen LogP contribution is 2.24. The number of hydrogen-bond donors (Lipinski definition) is 2. The molecule has 1 aromatic carbocycles. The van der Waals surface area contributed by atoms with E-state index in [0.717, 1.165) is 0 Å².